The van der Waals surface area contributed by atoms with E-state index >= 15 is 0 Å². The van der Waals surface area contributed by atoms with Crippen molar-refractivity contribution in [2.45, 2.75) is 6.92 Å². The number of aromatic nitrogens is 2. The average molecular weight is 328 g/mol. The van der Waals surface area contributed by atoms with Crippen molar-refractivity contribution in [2.75, 3.05) is 6.54 Å². The first kappa shape index (κ1) is 14.7. The third-order valence-electron chi connectivity index (χ3n) is 2.88. The molecule has 0 saturated heterocycles. The zero-order valence-corrected chi connectivity index (χ0v) is 13.8. The lowest BCUT2D eigenvalue weighted by atomic mass is 10.4. The molecule has 0 aliphatic carbocycles. The Kier molecular flexibility index (Phi) is 4.50. The monoisotopic (exact) mass is 328 g/mol. The molecule has 0 radical (unpaired) electrons. The number of rotatable bonds is 5. The fraction of sp³-hybridized carbons (Fsp3) is 0.125. The lowest BCUT2D eigenvalue weighted by Crippen LogP contribution is -2.12. The number of nitrogens with zero attached hydrogens (tertiary/aromatic N) is 3. The van der Waals surface area contributed by atoms with Gasteiger partial charge in [0.15, 0.2) is 0 Å². The first-order chi connectivity index (χ1) is 10.7. The summed E-state index contributed by atoms with van der Waals surface area (Å²) in [6, 6.07) is 8.06. The van der Waals surface area contributed by atoms with Crippen LogP contribution in [0, 0.1) is 0 Å². The van der Waals surface area contributed by atoms with Gasteiger partial charge in [0, 0.05) is 11.6 Å². The Morgan fingerprint density at radius 1 is 1.36 bits per heavy atom. The number of aromatic amines is 1. The maximum Gasteiger partial charge on any atom is 0.206 e. The van der Waals surface area contributed by atoms with E-state index in [9.17, 15) is 0 Å². The lowest BCUT2D eigenvalue weighted by molar-refractivity contribution is 0.837. The molecule has 3 heterocycles. The Morgan fingerprint density at radius 2 is 2.27 bits per heavy atom. The molecule has 0 amide bonds. The van der Waals surface area contributed by atoms with Gasteiger partial charge in [-0.15, -0.1) is 22.7 Å². The minimum atomic E-state index is 0.614. The molecule has 1 N–H and O–H groups in total. The minimum absolute atomic E-state index is 0.614. The highest BCUT2D eigenvalue weighted by molar-refractivity contribution is 7.14. The van der Waals surface area contributed by atoms with Gasteiger partial charge in [0.05, 0.1) is 29.0 Å². The Labute approximate surface area is 136 Å². The first-order valence-electron chi connectivity index (χ1n) is 6.81. The molecule has 0 aliphatic rings. The van der Waals surface area contributed by atoms with Gasteiger partial charge in [-0.3, -0.25) is 4.99 Å². The van der Waals surface area contributed by atoms with Gasteiger partial charge in [-0.25, -0.2) is 4.68 Å². The quantitative estimate of drug-likeness (QED) is 0.544. The summed E-state index contributed by atoms with van der Waals surface area (Å²) in [5.41, 5.74) is 3.05. The minimum Gasteiger partial charge on any atom is -0.360 e. The van der Waals surface area contributed by atoms with Crippen LogP contribution in [-0.2, 0) is 0 Å². The summed E-state index contributed by atoms with van der Waals surface area (Å²) >= 11 is 3.29. The van der Waals surface area contributed by atoms with Crippen molar-refractivity contribution in [3.05, 3.63) is 63.9 Å². The van der Waals surface area contributed by atoms with Crippen LogP contribution in [0.5, 0.6) is 0 Å². The van der Waals surface area contributed by atoms with Crippen molar-refractivity contribution in [3.63, 3.8) is 0 Å². The SMILES string of the molecule is C=C(C)CN=c1scc(-c2cccs2)n1N=Cc1ccc[nH]1. The molecule has 0 aromatic carbocycles. The molecule has 0 bridgehead atoms. The van der Waals surface area contributed by atoms with Crippen LogP contribution in [0.15, 0.2) is 63.5 Å². The van der Waals surface area contributed by atoms with E-state index in [1.54, 1.807) is 22.7 Å². The maximum absolute atomic E-state index is 4.60. The molecule has 0 saturated carbocycles. The highest BCUT2D eigenvalue weighted by Crippen LogP contribution is 2.25. The third-order valence-corrected chi connectivity index (χ3v) is 4.62. The molecule has 0 atom stereocenters. The van der Waals surface area contributed by atoms with E-state index in [1.165, 1.54) is 4.88 Å². The van der Waals surface area contributed by atoms with Gasteiger partial charge >= 0.3 is 0 Å². The summed E-state index contributed by atoms with van der Waals surface area (Å²) in [6.45, 7) is 6.49. The molecule has 3 rings (SSSR count). The number of thiazole rings is 1. The van der Waals surface area contributed by atoms with Crippen LogP contribution in [0.4, 0.5) is 0 Å². The van der Waals surface area contributed by atoms with Gasteiger partial charge in [-0.05, 0) is 30.5 Å². The number of nitrogens with one attached hydrogen (secondary N) is 1. The van der Waals surface area contributed by atoms with Gasteiger partial charge in [0.25, 0.3) is 0 Å². The Hall–Kier alpha value is -2.18. The summed E-state index contributed by atoms with van der Waals surface area (Å²) in [6.07, 6.45) is 3.69. The van der Waals surface area contributed by atoms with E-state index in [2.05, 4.69) is 38.5 Å². The molecule has 3 aromatic rings. The maximum atomic E-state index is 4.60. The zero-order valence-electron chi connectivity index (χ0n) is 12.2. The van der Waals surface area contributed by atoms with Crippen LogP contribution in [0.1, 0.15) is 12.6 Å². The van der Waals surface area contributed by atoms with Crippen LogP contribution in [0.2, 0.25) is 0 Å². The van der Waals surface area contributed by atoms with Crippen molar-refractivity contribution in [1.29, 1.82) is 0 Å². The van der Waals surface area contributed by atoms with Crippen LogP contribution in [0.3, 0.4) is 0 Å². The lowest BCUT2D eigenvalue weighted by Gasteiger charge is -2.00. The van der Waals surface area contributed by atoms with Crippen LogP contribution < -0.4 is 4.80 Å². The number of hydrogen-bond donors (Lipinski definition) is 1. The molecule has 0 spiro atoms. The van der Waals surface area contributed by atoms with Gasteiger partial charge in [0.2, 0.25) is 4.80 Å². The Balaban J connectivity index is 2.05. The topological polar surface area (TPSA) is 45.4 Å². The molecule has 0 fully saturated rings. The molecule has 22 heavy (non-hydrogen) atoms. The molecular formula is C16H16N4S2. The Bertz CT molecular complexity index is 833. The van der Waals surface area contributed by atoms with E-state index in [1.807, 2.05) is 42.2 Å². The number of thiophene rings is 1. The highest BCUT2D eigenvalue weighted by atomic mass is 32.1. The molecular weight excluding hydrogens is 312 g/mol. The number of H-pyrrole nitrogens is 1. The highest BCUT2D eigenvalue weighted by Gasteiger charge is 2.08. The van der Waals surface area contributed by atoms with Crippen molar-refractivity contribution in [2.24, 2.45) is 10.1 Å². The zero-order chi connectivity index (χ0) is 15.4. The van der Waals surface area contributed by atoms with E-state index in [0.29, 0.717) is 6.54 Å². The average Bonchev–Trinajstić information content (AvgIpc) is 3.23. The van der Waals surface area contributed by atoms with Crippen molar-refractivity contribution in [3.8, 4) is 10.6 Å². The molecule has 0 unspecified atom stereocenters. The summed E-state index contributed by atoms with van der Waals surface area (Å²) in [4.78, 5) is 9.77. The van der Waals surface area contributed by atoms with Crippen LogP contribution in [-0.4, -0.2) is 22.4 Å². The predicted octanol–water partition coefficient (Wildman–Crippen LogP) is 3.97. The van der Waals surface area contributed by atoms with E-state index in [4.69, 9.17) is 0 Å². The third kappa shape index (κ3) is 3.35. The summed E-state index contributed by atoms with van der Waals surface area (Å²) in [5, 5.41) is 8.76. The second-order valence-electron chi connectivity index (χ2n) is 4.84. The summed E-state index contributed by atoms with van der Waals surface area (Å²) in [5.74, 6) is 0. The van der Waals surface area contributed by atoms with E-state index in [-0.39, 0.29) is 0 Å². The predicted molar refractivity (Wildman–Crippen MR) is 94.7 cm³/mol. The van der Waals surface area contributed by atoms with Crippen molar-refractivity contribution in [1.82, 2.24) is 9.66 Å². The standard InChI is InChI=1S/C16H16N4S2/c1-12(2)9-18-16-20(19-10-13-5-3-7-17-13)14(11-22-16)15-6-4-8-21-15/h3-8,10-11,17H,1,9H2,2H3. The van der Waals surface area contributed by atoms with Crippen molar-refractivity contribution < 1.29 is 0 Å². The van der Waals surface area contributed by atoms with Crippen LogP contribution >= 0.6 is 22.7 Å². The molecule has 0 aliphatic heterocycles. The summed E-state index contributed by atoms with van der Waals surface area (Å²) in [7, 11) is 0. The molecule has 6 heteroatoms. The smallest absolute Gasteiger partial charge is 0.206 e. The fourth-order valence-electron chi connectivity index (χ4n) is 1.86. The second kappa shape index (κ2) is 6.72. The van der Waals surface area contributed by atoms with Crippen molar-refractivity contribution >= 4 is 28.9 Å². The molecule has 112 valence electrons. The van der Waals surface area contributed by atoms with Gasteiger partial charge in [0.1, 0.15) is 0 Å². The fourth-order valence-corrected chi connectivity index (χ4v) is 3.49. The largest absolute Gasteiger partial charge is 0.360 e. The van der Waals surface area contributed by atoms with E-state index in [0.717, 1.165) is 21.8 Å². The normalized spacial score (nSPS) is 12.3. The Morgan fingerprint density at radius 3 is 2.95 bits per heavy atom. The van der Waals surface area contributed by atoms with Gasteiger partial charge in [-0.2, -0.15) is 5.10 Å². The van der Waals surface area contributed by atoms with Gasteiger partial charge in [-0.1, -0.05) is 18.2 Å². The number of hydrogen-bond acceptors (Lipinski definition) is 4. The van der Waals surface area contributed by atoms with Gasteiger partial charge < -0.3 is 4.98 Å². The van der Waals surface area contributed by atoms with Crippen LogP contribution in [0.25, 0.3) is 10.6 Å². The summed E-state index contributed by atoms with van der Waals surface area (Å²) < 4.78 is 1.89. The molecule has 3 aromatic heterocycles. The second-order valence-corrected chi connectivity index (χ2v) is 6.62. The molecule has 4 nitrogen and oxygen atoms in total. The first-order valence-corrected chi connectivity index (χ1v) is 8.57. The van der Waals surface area contributed by atoms with E-state index < -0.39 is 0 Å².